The minimum Gasteiger partial charge on any atom is -0.395 e. The summed E-state index contributed by atoms with van der Waals surface area (Å²) >= 11 is 0. The van der Waals surface area contributed by atoms with Crippen LogP contribution in [0, 0.1) is 40.4 Å². The Hall–Kier alpha value is -0.960. The van der Waals surface area contributed by atoms with Gasteiger partial charge in [0, 0.05) is 29.6 Å². The second kappa shape index (κ2) is 5.27. The SMILES string of the molecule is CC1C(=O)CC[C@@]2(CO)C1=CC(C)[C@@H]1[C@H]2CC[C@]2(C)C(=O)CC[C@@H]12. The molecule has 0 aromatic carbocycles. The van der Waals surface area contributed by atoms with Crippen molar-refractivity contribution < 1.29 is 14.7 Å². The summed E-state index contributed by atoms with van der Waals surface area (Å²) in [5.41, 5.74) is 0.855. The molecular weight excluding hydrogens is 300 g/mol. The molecule has 0 aliphatic heterocycles. The summed E-state index contributed by atoms with van der Waals surface area (Å²) in [6.45, 7) is 6.64. The lowest BCUT2D eigenvalue weighted by Gasteiger charge is -2.59. The first kappa shape index (κ1) is 16.5. The lowest BCUT2D eigenvalue weighted by atomic mass is 9.45. The van der Waals surface area contributed by atoms with Crippen LogP contribution in [-0.4, -0.2) is 23.3 Å². The number of hydrogen-bond acceptors (Lipinski definition) is 3. The fourth-order valence-corrected chi connectivity index (χ4v) is 7.05. The zero-order chi connectivity index (χ0) is 17.3. The molecular formula is C21H30O3. The van der Waals surface area contributed by atoms with Gasteiger partial charge in [0.2, 0.25) is 0 Å². The lowest BCUT2D eigenvalue weighted by Crippen LogP contribution is -2.56. The van der Waals surface area contributed by atoms with Crippen molar-refractivity contribution in [1.82, 2.24) is 0 Å². The maximum Gasteiger partial charge on any atom is 0.139 e. The molecule has 4 aliphatic carbocycles. The van der Waals surface area contributed by atoms with E-state index in [9.17, 15) is 14.7 Å². The van der Waals surface area contributed by atoms with Crippen molar-refractivity contribution in [2.24, 2.45) is 40.4 Å². The number of fused-ring (bicyclic) bond motifs is 5. The van der Waals surface area contributed by atoms with Gasteiger partial charge in [-0.3, -0.25) is 9.59 Å². The molecule has 0 aromatic rings. The van der Waals surface area contributed by atoms with Gasteiger partial charge in [-0.1, -0.05) is 32.4 Å². The molecule has 3 fully saturated rings. The Morgan fingerprint density at radius 3 is 2.58 bits per heavy atom. The Morgan fingerprint density at radius 1 is 1.12 bits per heavy atom. The molecule has 24 heavy (non-hydrogen) atoms. The molecule has 0 radical (unpaired) electrons. The van der Waals surface area contributed by atoms with Crippen molar-refractivity contribution in [1.29, 1.82) is 0 Å². The second-order valence-electron chi connectivity index (χ2n) is 9.19. The Labute approximate surface area is 144 Å². The predicted molar refractivity (Wildman–Crippen MR) is 92.2 cm³/mol. The summed E-state index contributed by atoms with van der Waals surface area (Å²) in [5, 5.41) is 10.4. The van der Waals surface area contributed by atoms with Crippen LogP contribution in [0.5, 0.6) is 0 Å². The largest absolute Gasteiger partial charge is 0.395 e. The van der Waals surface area contributed by atoms with Crippen LogP contribution in [0.3, 0.4) is 0 Å². The standard InChI is InChI=1S/C21H30O3/c1-12-10-16-13(2)17(23)7-9-21(16,11-22)15-6-8-20(3)14(19(12)15)4-5-18(20)24/h10,12-15,19,22H,4-9,11H2,1-3H3/t12?,13?,14-,15+,19-,20-,21-/m0/s1. The molecule has 0 bridgehead atoms. The van der Waals surface area contributed by atoms with Crippen LogP contribution in [0.4, 0.5) is 0 Å². The zero-order valence-electron chi connectivity index (χ0n) is 15.2. The molecule has 3 nitrogen and oxygen atoms in total. The van der Waals surface area contributed by atoms with Gasteiger partial charge in [0.15, 0.2) is 0 Å². The van der Waals surface area contributed by atoms with E-state index in [1.807, 2.05) is 6.92 Å². The van der Waals surface area contributed by atoms with E-state index in [0.717, 1.165) is 32.1 Å². The average Bonchev–Trinajstić information content (AvgIpc) is 2.87. The van der Waals surface area contributed by atoms with Crippen molar-refractivity contribution in [3.8, 4) is 0 Å². The van der Waals surface area contributed by atoms with Crippen molar-refractivity contribution in [3.63, 3.8) is 0 Å². The van der Waals surface area contributed by atoms with Gasteiger partial charge in [0.25, 0.3) is 0 Å². The maximum atomic E-state index is 12.5. The van der Waals surface area contributed by atoms with Gasteiger partial charge >= 0.3 is 0 Å². The van der Waals surface area contributed by atoms with Crippen LogP contribution < -0.4 is 0 Å². The quantitative estimate of drug-likeness (QED) is 0.748. The highest BCUT2D eigenvalue weighted by molar-refractivity contribution is 5.87. The van der Waals surface area contributed by atoms with Crippen LogP contribution in [-0.2, 0) is 9.59 Å². The topological polar surface area (TPSA) is 54.4 Å². The van der Waals surface area contributed by atoms with Crippen molar-refractivity contribution in [2.75, 3.05) is 6.61 Å². The maximum absolute atomic E-state index is 12.5. The minimum absolute atomic E-state index is 0.0483. The molecule has 0 spiro atoms. The Kier molecular flexibility index (Phi) is 3.62. The van der Waals surface area contributed by atoms with Crippen LogP contribution in [0.25, 0.3) is 0 Å². The van der Waals surface area contributed by atoms with E-state index in [4.69, 9.17) is 0 Å². The normalized spacial score (nSPS) is 50.8. The molecule has 0 saturated heterocycles. The Bertz CT molecular complexity index is 621. The predicted octanol–water partition coefficient (Wildman–Crippen LogP) is 3.55. The highest BCUT2D eigenvalue weighted by Crippen LogP contribution is 2.65. The first-order chi connectivity index (χ1) is 11.3. The third-order valence-corrected chi connectivity index (χ3v) is 8.43. The first-order valence-corrected chi connectivity index (χ1v) is 9.74. The molecule has 0 aromatic heterocycles. The van der Waals surface area contributed by atoms with Crippen LogP contribution in [0.2, 0.25) is 0 Å². The van der Waals surface area contributed by atoms with E-state index in [1.54, 1.807) is 0 Å². The van der Waals surface area contributed by atoms with Gasteiger partial charge in [-0.25, -0.2) is 0 Å². The number of rotatable bonds is 1. The summed E-state index contributed by atoms with van der Waals surface area (Å²) in [6.07, 6.45) is 7.43. The summed E-state index contributed by atoms with van der Waals surface area (Å²) in [4.78, 5) is 24.8. The molecule has 4 aliphatic rings. The Balaban J connectivity index is 1.81. The number of Topliss-reactive ketones (excluding diaryl/α,β-unsaturated/α-hetero) is 2. The van der Waals surface area contributed by atoms with Crippen molar-refractivity contribution in [2.45, 2.75) is 59.3 Å². The zero-order valence-corrected chi connectivity index (χ0v) is 15.2. The van der Waals surface area contributed by atoms with Gasteiger partial charge < -0.3 is 5.11 Å². The van der Waals surface area contributed by atoms with E-state index in [1.165, 1.54) is 5.57 Å². The van der Waals surface area contributed by atoms with E-state index in [2.05, 4.69) is 19.9 Å². The molecule has 7 atom stereocenters. The van der Waals surface area contributed by atoms with E-state index in [0.29, 0.717) is 41.7 Å². The summed E-state index contributed by atoms with van der Waals surface area (Å²) in [7, 11) is 0. The second-order valence-corrected chi connectivity index (χ2v) is 9.19. The summed E-state index contributed by atoms with van der Waals surface area (Å²) in [5.74, 6) is 2.49. The highest BCUT2D eigenvalue weighted by atomic mass is 16.3. The molecule has 3 heteroatoms. The van der Waals surface area contributed by atoms with E-state index < -0.39 is 0 Å². The van der Waals surface area contributed by atoms with Gasteiger partial charge in [-0.15, -0.1) is 0 Å². The molecule has 4 rings (SSSR count). The monoisotopic (exact) mass is 330 g/mol. The molecule has 2 unspecified atom stereocenters. The van der Waals surface area contributed by atoms with Crippen molar-refractivity contribution in [3.05, 3.63) is 11.6 Å². The number of carbonyl (C=O) groups is 2. The third-order valence-electron chi connectivity index (χ3n) is 8.43. The van der Waals surface area contributed by atoms with E-state index >= 15 is 0 Å². The molecule has 0 amide bonds. The smallest absolute Gasteiger partial charge is 0.139 e. The Morgan fingerprint density at radius 2 is 1.88 bits per heavy atom. The number of aliphatic hydroxyl groups is 1. The summed E-state index contributed by atoms with van der Waals surface area (Å²) in [6, 6.07) is 0. The van der Waals surface area contributed by atoms with Gasteiger partial charge in [-0.05, 0) is 49.4 Å². The molecule has 132 valence electrons. The summed E-state index contributed by atoms with van der Waals surface area (Å²) < 4.78 is 0. The fraction of sp³-hybridized carbons (Fsp3) is 0.810. The number of allylic oxidation sites excluding steroid dienone is 1. The molecule has 1 N–H and O–H groups in total. The first-order valence-electron chi connectivity index (χ1n) is 9.74. The van der Waals surface area contributed by atoms with Gasteiger partial charge in [0.05, 0.1) is 6.61 Å². The number of ketones is 2. The highest BCUT2D eigenvalue weighted by Gasteiger charge is 2.61. The van der Waals surface area contributed by atoms with Crippen molar-refractivity contribution >= 4 is 11.6 Å². The minimum atomic E-state index is -0.211. The fourth-order valence-electron chi connectivity index (χ4n) is 7.05. The number of aliphatic hydroxyl groups excluding tert-OH is 1. The van der Waals surface area contributed by atoms with Crippen LogP contribution >= 0.6 is 0 Å². The average molecular weight is 330 g/mol. The molecule has 3 saturated carbocycles. The lowest BCUT2D eigenvalue weighted by molar-refractivity contribution is -0.136. The van der Waals surface area contributed by atoms with Crippen LogP contribution in [0.15, 0.2) is 11.6 Å². The number of carbonyl (C=O) groups excluding carboxylic acids is 2. The van der Waals surface area contributed by atoms with E-state index in [-0.39, 0.29) is 23.4 Å². The van der Waals surface area contributed by atoms with Crippen LogP contribution in [0.1, 0.15) is 59.3 Å². The molecule has 0 heterocycles. The van der Waals surface area contributed by atoms with Gasteiger partial charge in [0.1, 0.15) is 11.6 Å². The third kappa shape index (κ3) is 1.88. The number of hydrogen-bond donors (Lipinski definition) is 1. The van der Waals surface area contributed by atoms with Gasteiger partial charge in [-0.2, -0.15) is 0 Å².